The molecule has 84 valence electrons. The van der Waals surface area contributed by atoms with Crippen molar-refractivity contribution in [3.63, 3.8) is 0 Å². The van der Waals surface area contributed by atoms with E-state index in [4.69, 9.17) is 5.11 Å². The van der Waals surface area contributed by atoms with Crippen LogP contribution in [0.1, 0.15) is 4.88 Å². The van der Waals surface area contributed by atoms with E-state index >= 15 is 0 Å². The SMILES string of the molecule is O=C(O)COCC(F)(F)c1ccc(Br)s1. The van der Waals surface area contributed by atoms with Crippen molar-refractivity contribution in [3.05, 3.63) is 20.8 Å². The number of thiophene rings is 1. The monoisotopic (exact) mass is 300 g/mol. The zero-order valence-corrected chi connectivity index (χ0v) is 9.78. The van der Waals surface area contributed by atoms with Gasteiger partial charge in [-0.05, 0) is 28.1 Å². The Bertz CT molecular complexity index is 353. The molecule has 0 aliphatic carbocycles. The van der Waals surface area contributed by atoms with Crippen molar-refractivity contribution in [2.24, 2.45) is 0 Å². The minimum atomic E-state index is -3.15. The van der Waals surface area contributed by atoms with E-state index < -0.39 is 25.1 Å². The number of aliphatic carboxylic acids is 1. The van der Waals surface area contributed by atoms with Crippen molar-refractivity contribution in [3.8, 4) is 0 Å². The van der Waals surface area contributed by atoms with Gasteiger partial charge in [0.2, 0.25) is 0 Å². The van der Waals surface area contributed by atoms with Crippen LogP contribution in [-0.2, 0) is 15.5 Å². The highest BCUT2D eigenvalue weighted by Gasteiger charge is 2.33. The van der Waals surface area contributed by atoms with Crippen molar-refractivity contribution in [2.75, 3.05) is 13.2 Å². The van der Waals surface area contributed by atoms with Crippen molar-refractivity contribution in [1.29, 1.82) is 0 Å². The second kappa shape index (κ2) is 5.00. The largest absolute Gasteiger partial charge is 0.480 e. The van der Waals surface area contributed by atoms with Crippen LogP contribution in [0.3, 0.4) is 0 Å². The van der Waals surface area contributed by atoms with Gasteiger partial charge in [0.15, 0.2) is 0 Å². The Morgan fingerprint density at radius 2 is 2.27 bits per heavy atom. The van der Waals surface area contributed by atoms with E-state index in [1.807, 2.05) is 0 Å². The normalized spacial score (nSPS) is 11.7. The number of alkyl halides is 2. The number of hydrogen-bond donors (Lipinski definition) is 1. The second-order valence-corrected chi connectivity index (χ2v) is 5.16. The van der Waals surface area contributed by atoms with E-state index in [1.165, 1.54) is 12.1 Å². The summed E-state index contributed by atoms with van der Waals surface area (Å²) in [6, 6.07) is 2.78. The lowest BCUT2D eigenvalue weighted by molar-refractivity contribution is -0.147. The summed E-state index contributed by atoms with van der Waals surface area (Å²) < 4.78 is 31.5. The van der Waals surface area contributed by atoms with Gasteiger partial charge in [-0.3, -0.25) is 0 Å². The van der Waals surface area contributed by atoms with Crippen LogP contribution in [0.25, 0.3) is 0 Å². The van der Waals surface area contributed by atoms with Gasteiger partial charge in [0.05, 0.1) is 8.66 Å². The average molecular weight is 301 g/mol. The highest BCUT2D eigenvalue weighted by molar-refractivity contribution is 9.11. The van der Waals surface area contributed by atoms with Gasteiger partial charge >= 0.3 is 11.9 Å². The predicted molar refractivity (Wildman–Crippen MR) is 54.4 cm³/mol. The van der Waals surface area contributed by atoms with E-state index in [9.17, 15) is 13.6 Å². The lowest BCUT2D eigenvalue weighted by Gasteiger charge is -2.13. The Kier molecular flexibility index (Phi) is 4.18. The summed E-state index contributed by atoms with van der Waals surface area (Å²) in [4.78, 5) is 9.90. The van der Waals surface area contributed by atoms with Crippen LogP contribution in [0.4, 0.5) is 8.78 Å². The molecule has 0 saturated carbocycles. The lowest BCUT2D eigenvalue weighted by atomic mass is 10.3. The molecular weight excluding hydrogens is 294 g/mol. The third-order valence-corrected chi connectivity index (χ3v) is 3.18. The summed E-state index contributed by atoms with van der Waals surface area (Å²) in [5.41, 5.74) is 0. The molecule has 0 unspecified atom stereocenters. The smallest absolute Gasteiger partial charge is 0.329 e. The first-order valence-electron chi connectivity index (χ1n) is 3.85. The average Bonchev–Trinajstić information content (AvgIpc) is 2.51. The van der Waals surface area contributed by atoms with E-state index in [2.05, 4.69) is 20.7 Å². The van der Waals surface area contributed by atoms with Gasteiger partial charge in [-0.25, -0.2) is 4.79 Å². The molecule has 1 N–H and O–H groups in total. The Labute approximate surface area is 96.8 Å². The van der Waals surface area contributed by atoms with Crippen LogP contribution in [0.15, 0.2) is 15.9 Å². The standard InChI is InChI=1S/C8H7BrF2O3S/c9-6-2-1-5(15-6)8(10,11)4-14-3-7(12)13/h1-2H,3-4H2,(H,12,13). The van der Waals surface area contributed by atoms with Crippen molar-refractivity contribution < 1.29 is 23.4 Å². The van der Waals surface area contributed by atoms with Gasteiger partial charge < -0.3 is 9.84 Å². The molecule has 15 heavy (non-hydrogen) atoms. The van der Waals surface area contributed by atoms with Crippen molar-refractivity contribution in [2.45, 2.75) is 5.92 Å². The van der Waals surface area contributed by atoms with Gasteiger partial charge in [0.25, 0.3) is 0 Å². The fraction of sp³-hybridized carbons (Fsp3) is 0.375. The molecule has 1 rings (SSSR count). The maximum atomic E-state index is 13.3. The molecule has 0 bridgehead atoms. The van der Waals surface area contributed by atoms with Crippen LogP contribution in [0, 0.1) is 0 Å². The van der Waals surface area contributed by atoms with Crippen molar-refractivity contribution >= 4 is 33.2 Å². The number of hydrogen-bond acceptors (Lipinski definition) is 3. The van der Waals surface area contributed by atoms with Crippen LogP contribution in [0.5, 0.6) is 0 Å². The van der Waals surface area contributed by atoms with Gasteiger partial charge in [-0.2, -0.15) is 8.78 Å². The van der Waals surface area contributed by atoms with Gasteiger partial charge in [-0.1, -0.05) is 0 Å². The van der Waals surface area contributed by atoms with E-state index in [0.717, 1.165) is 11.3 Å². The zero-order chi connectivity index (χ0) is 11.5. The van der Waals surface area contributed by atoms with Gasteiger partial charge in [0.1, 0.15) is 13.2 Å². The van der Waals surface area contributed by atoms with Gasteiger partial charge in [-0.15, -0.1) is 11.3 Å². The summed E-state index contributed by atoms with van der Waals surface area (Å²) in [6.07, 6.45) is 0. The lowest BCUT2D eigenvalue weighted by Crippen LogP contribution is -2.22. The number of carbonyl (C=O) groups is 1. The summed E-state index contributed by atoms with van der Waals surface area (Å²) in [5, 5.41) is 8.21. The molecule has 1 aromatic heterocycles. The molecule has 0 radical (unpaired) electrons. The topological polar surface area (TPSA) is 46.5 Å². The first kappa shape index (κ1) is 12.5. The number of carboxylic acids is 1. The summed E-state index contributed by atoms with van der Waals surface area (Å²) >= 11 is 3.96. The first-order chi connectivity index (χ1) is 6.92. The molecule has 0 fully saturated rings. The predicted octanol–water partition coefficient (Wildman–Crippen LogP) is 2.70. The third-order valence-electron chi connectivity index (χ3n) is 1.44. The fourth-order valence-electron chi connectivity index (χ4n) is 0.849. The quantitative estimate of drug-likeness (QED) is 0.909. The minimum Gasteiger partial charge on any atom is -0.480 e. The molecule has 1 heterocycles. The Morgan fingerprint density at radius 3 is 2.73 bits per heavy atom. The van der Waals surface area contributed by atoms with Crippen molar-refractivity contribution in [1.82, 2.24) is 0 Å². The van der Waals surface area contributed by atoms with Crippen LogP contribution >= 0.6 is 27.3 Å². The van der Waals surface area contributed by atoms with Crippen LogP contribution < -0.4 is 0 Å². The maximum absolute atomic E-state index is 13.3. The first-order valence-corrected chi connectivity index (χ1v) is 5.46. The minimum absolute atomic E-state index is 0.153. The molecule has 7 heteroatoms. The zero-order valence-electron chi connectivity index (χ0n) is 7.37. The Morgan fingerprint density at radius 1 is 1.60 bits per heavy atom. The molecule has 3 nitrogen and oxygen atoms in total. The molecule has 0 aromatic carbocycles. The summed E-state index contributed by atoms with van der Waals surface area (Å²) in [5.74, 6) is -4.41. The van der Waals surface area contributed by atoms with Crippen LogP contribution in [-0.4, -0.2) is 24.3 Å². The molecule has 0 aliphatic rings. The third kappa shape index (κ3) is 3.84. The molecular formula is C8H7BrF2O3S. The molecule has 1 aromatic rings. The summed E-state index contributed by atoms with van der Waals surface area (Å²) in [6.45, 7) is -1.64. The molecule has 0 saturated heterocycles. The molecule has 0 aliphatic heterocycles. The Balaban J connectivity index is 2.55. The number of halogens is 3. The molecule has 0 amide bonds. The maximum Gasteiger partial charge on any atom is 0.329 e. The van der Waals surface area contributed by atoms with Gasteiger partial charge in [0, 0.05) is 0 Å². The second-order valence-electron chi connectivity index (χ2n) is 2.69. The summed E-state index contributed by atoms with van der Waals surface area (Å²) in [7, 11) is 0. The highest BCUT2D eigenvalue weighted by Crippen LogP contribution is 2.35. The number of rotatable bonds is 5. The fourth-order valence-corrected chi connectivity index (χ4v) is 2.19. The number of ether oxygens (including phenoxy) is 1. The van der Waals surface area contributed by atoms with E-state index in [0.29, 0.717) is 3.79 Å². The molecule has 0 spiro atoms. The Hall–Kier alpha value is -0.530. The molecule has 0 atom stereocenters. The highest BCUT2D eigenvalue weighted by atomic mass is 79.9. The van der Waals surface area contributed by atoms with E-state index in [1.54, 1.807) is 0 Å². The number of carboxylic acid groups (broad SMARTS) is 1. The van der Waals surface area contributed by atoms with E-state index in [-0.39, 0.29) is 4.88 Å². The van der Waals surface area contributed by atoms with Crippen LogP contribution in [0.2, 0.25) is 0 Å².